The van der Waals surface area contributed by atoms with Gasteiger partial charge in [-0.3, -0.25) is 9.59 Å². The molecular formula is C19H21N3O2. The number of nitrogens with two attached hydrogens (primary N) is 1. The summed E-state index contributed by atoms with van der Waals surface area (Å²) in [6, 6.07) is 12.5. The monoisotopic (exact) mass is 323 g/mol. The number of Topliss-reactive ketones (excluding diaryl/α,β-unsaturated/α-hetero) is 1. The zero-order chi connectivity index (χ0) is 17.3. The van der Waals surface area contributed by atoms with E-state index < -0.39 is 0 Å². The Hall–Kier alpha value is -2.82. The van der Waals surface area contributed by atoms with E-state index in [-0.39, 0.29) is 11.7 Å². The average molecular weight is 323 g/mol. The zero-order valence-electron chi connectivity index (χ0n) is 14.0. The predicted octanol–water partition coefficient (Wildman–Crippen LogP) is 2.96. The summed E-state index contributed by atoms with van der Waals surface area (Å²) in [4.78, 5) is 29.0. The lowest BCUT2D eigenvalue weighted by Gasteiger charge is -2.24. The Morgan fingerprint density at radius 1 is 1.12 bits per heavy atom. The lowest BCUT2D eigenvalue weighted by molar-refractivity contribution is 0.0974. The fourth-order valence-corrected chi connectivity index (χ4v) is 2.91. The van der Waals surface area contributed by atoms with Crippen LogP contribution in [-0.2, 0) is 0 Å². The Balaban J connectivity index is 2.03. The van der Waals surface area contributed by atoms with E-state index in [0.29, 0.717) is 41.9 Å². The maximum atomic E-state index is 12.9. The van der Waals surface area contributed by atoms with Gasteiger partial charge in [-0.1, -0.05) is 0 Å². The molecule has 2 aromatic carbocycles. The van der Waals surface area contributed by atoms with Crippen molar-refractivity contribution in [2.45, 2.75) is 12.8 Å². The van der Waals surface area contributed by atoms with Crippen molar-refractivity contribution < 1.29 is 9.59 Å². The van der Waals surface area contributed by atoms with Crippen LogP contribution >= 0.6 is 0 Å². The second-order valence-corrected chi connectivity index (χ2v) is 6.20. The number of nitrogen functional groups attached to an aromatic ring is 1. The lowest BCUT2D eigenvalue weighted by Crippen LogP contribution is -2.31. The average Bonchev–Trinajstić information content (AvgIpc) is 2.74. The van der Waals surface area contributed by atoms with E-state index in [1.54, 1.807) is 29.2 Å². The molecule has 0 bridgehead atoms. The van der Waals surface area contributed by atoms with Crippen molar-refractivity contribution in [3.05, 3.63) is 53.6 Å². The van der Waals surface area contributed by atoms with E-state index in [1.165, 1.54) is 0 Å². The van der Waals surface area contributed by atoms with Crippen molar-refractivity contribution >= 4 is 28.8 Å². The Bertz CT molecular complexity index is 782. The van der Waals surface area contributed by atoms with Crippen LogP contribution in [0.1, 0.15) is 33.6 Å². The molecule has 2 aromatic rings. The highest BCUT2D eigenvalue weighted by molar-refractivity contribution is 6.12. The molecule has 1 amide bonds. The first-order chi connectivity index (χ1) is 11.5. The highest BCUT2D eigenvalue weighted by Crippen LogP contribution is 2.31. The van der Waals surface area contributed by atoms with Crippen molar-refractivity contribution in [1.82, 2.24) is 0 Å². The Morgan fingerprint density at radius 3 is 2.50 bits per heavy atom. The van der Waals surface area contributed by atoms with Crippen LogP contribution in [0.5, 0.6) is 0 Å². The summed E-state index contributed by atoms with van der Waals surface area (Å²) in [5.74, 6) is -0.0233. The minimum absolute atomic E-state index is 0.0845. The van der Waals surface area contributed by atoms with Gasteiger partial charge >= 0.3 is 0 Å². The van der Waals surface area contributed by atoms with Gasteiger partial charge in [-0.15, -0.1) is 0 Å². The first kappa shape index (κ1) is 16.1. The van der Waals surface area contributed by atoms with Gasteiger partial charge in [0.15, 0.2) is 5.78 Å². The third kappa shape index (κ3) is 2.97. The van der Waals surface area contributed by atoms with Crippen LogP contribution in [0.3, 0.4) is 0 Å². The standard InChI is InChI=1S/C19H21N3O2/c1-21(2)15-9-10-17-16(12-15)18(23)4-3-11-22(17)19(24)13-5-7-14(20)8-6-13/h5-10,12H,3-4,11,20H2,1-2H3. The van der Waals surface area contributed by atoms with Crippen molar-refractivity contribution in [1.29, 1.82) is 0 Å². The summed E-state index contributed by atoms with van der Waals surface area (Å²) in [5, 5.41) is 0. The van der Waals surface area contributed by atoms with E-state index in [2.05, 4.69) is 0 Å². The highest BCUT2D eigenvalue weighted by atomic mass is 16.2. The molecule has 0 unspecified atom stereocenters. The molecule has 1 aliphatic rings. The number of carbonyl (C=O) groups excluding carboxylic acids is 2. The van der Waals surface area contributed by atoms with Crippen LogP contribution < -0.4 is 15.5 Å². The van der Waals surface area contributed by atoms with Gasteiger partial charge in [0.2, 0.25) is 0 Å². The summed E-state index contributed by atoms with van der Waals surface area (Å²) in [5.41, 5.74) is 9.13. The molecule has 3 rings (SSSR count). The Morgan fingerprint density at radius 2 is 1.83 bits per heavy atom. The van der Waals surface area contributed by atoms with Crippen LogP contribution in [0.4, 0.5) is 17.1 Å². The molecule has 24 heavy (non-hydrogen) atoms. The number of rotatable bonds is 2. The van der Waals surface area contributed by atoms with Gasteiger partial charge in [0, 0.05) is 49.6 Å². The number of hydrogen-bond donors (Lipinski definition) is 1. The first-order valence-electron chi connectivity index (χ1n) is 7.99. The summed E-state index contributed by atoms with van der Waals surface area (Å²) >= 11 is 0. The summed E-state index contributed by atoms with van der Waals surface area (Å²) in [6.45, 7) is 0.531. The summed E-state index contributed by atoms with van der Waals surface area (Å²) < 4.78 is 0. The van der Waals surface area contributed by atoms with E-state index in [9.17, 15) is 9.59 Å². The van der Waals surface area contributed by atoms with E-state index in [1.807, 2.05) is 37.2 Å². The molecule has 5 nitrogen and oxygen atoms in total. The van der Waals surface area contributed by atoms with Gasteiger partial charge in [-0.05, 0) is 48.9 Å². The molecule has 1 heterocycles. The van der Waals surface area contributed by atoms with Gasteiger partial charge in [0.25, 0.3) is 5.91 Å². The van der Waals surface area contributed by atoms with Gasteiger partial charge in [-0.25, -0.2) is 0 Å². The zero-order valence-corrected chi connectivity index (χ0v) is 14.0. The van der Waals surface area contributed by atoms with Crippen LogP contribution in [0.25, 0.3) is 0 Å². The van der Waals surface area contributed by atoms with E-state index in [0.717, 1.165) is 5.69 Å². The number of fused-ring (bicyclic) bond motifs is 1. The van der Waals surface area contributed by atoms with Crippen LogP contribution in [-0.4, -0.2) is 32.3 Å². The molecule has 1 aliphatic heterocycles. The fraction of sp³-hybridized carbons (Fsp3) is 0.263. The van der Waals surface area contributed by atoms with Crippen molar-refractivity contribution in [2.75, 3.05) is 36.2 Å². The summed E-state index contributed by atoms with van der Waals surface area (Å²) in [7, 11) is 3.86. The Kier molecular flexibility index (Phi) is 4.25. The SMILES string of the molecule is CN(C)c1ccc2c(c1)C(=O)CCCN2C(=O)c1ccc(N)cc1. The number of amides is 1. The molecule has 0 aliphatic carbocycles. The molecule has 0 saturated carbocycles. The molecule has 0 atom stereocenters. The topological polar surface area (TPSA) is 66.6 Å². The molecule has 0 radical (unpaired) electrons. The van der Waals surface area contributed by atoms with Gasteiger partial charge in [-0.2, -0.15) is 0 Å². The smallest absolute Gasteiger partial charge is 0.258 e. The number of anilines is 3. The first-order valence-corrected chi connectivity index (χ1v) is 7.99. The molecular weight excluding hydrogens is 302 g/mol. The molecule has 0 saturated heterocycles. The predicted molar refractivity (Wildman–Crippen MR) is 96.9 cm³/mol. The summed E-state index contributed by atoms with van der Waals surface area (Å²) in [6.07, 6.45) is 1.11. The van der Waals surface area contributed by atoms with Crippen molar-refractivity contribution in [3.63, 3.8) is 0 Å². The number of benzene rings is 2. The molecule has 0 spiro atoms. The maximum absolute atomic E-state index is 12.9. The Labute approximate surface area is 141 Å². The number of ketones is 1. The largest absolute Gasteiger partial charge is 0.399 e. The second-order valence-electron chi connectivity index (χ2n) is 6.20. The van der Waals surface area contributed by atoms with Crippen molar-refractivity contribution in [3.8, 4) is 0 Å². The van der Waals surface area contributed by atoms with Crippen LogP contribution in [0.2, 0.25) is 0 Å². The van der Waals surface area contributed by atoms with Gasteiger partial charge < -0.3 is 15.5 Å². The lowest BCUT2D eigenvalue weighted by atomic mass is 10.0. The highest BCUT2D eigenvalue weighted by Gasteiger charge is 2.26. The number of hydrogen-bond acceptors (Lipinski definition) is 4. The number of nitrogens with zero attached hydrogens (tertiary/aromatic N) is 2. The van der Waals surface area contributed by atoms with Crippen LogP contribution in [0.15, 0.2) is 42.5 Å². The third-order valence-corrected chi connectivity index (χ3v) is 4.28. The van der Waals surface area contributed by atoms with Crippen molar-refractivity contribution in [2.24, 2.45) is 0 Å². The molecule has 2 N–H and O–H groups in total. The maximum Gasteiger partial charge on any atom is 0.258 e. The quantitative estimate of drug-likeness (QED) is 0.863. The second kappa shape index (κ2) is 6.35. The molecule has 5 heteroatoms. The molecule has 0 fully saturated rings. The molecule has 124 valence electrons. The van der Waals surface area contributed by atoms with E-state index >= 15 is 0 Å². The van der Waals surface area contributed by atoms with Gasteiger partial charge in [0.05, 0.1) is 5.69 Å². The van der Waals surface area contributed by atoms with Crippen LogP contribution in [0, 0.1) is 0 Å². The minimum atomic E-state index is -0.108. The number of carbonyl (C=O) groups is 2. The fourth-order valence-electron chi connectivity index (χ4n) is 2.91. The minimum Gasteiger partial charge on any atom is -0.399 e. The molecule has 0 aromatic heterocycles. The third-order valence-electron chi connectivity index (χ3n) is 4.28. The normalized spacial score (nSPS) is 14.1. The van der Waals surface area contributed by atoms with E-state index in [4.69, 9.17) is 5.73 Å². The van der Waals surface area contributed by atoms with Gasteiger partial charge in [0.1, 0.15) is 0 Å².